The quantitative estimate of drug-likeness (QED) is 0.295. The lowest BCUT2D eigenvalue weighted by Crippen LogP contribution is -2.52. The summed E-state index contributed by atoms with van der Waals surface area (Å²) < 4.78 is 42.5. The Kier molecular flexibility index (Phi) is 8.84. The molecule has 8 nitrogen and oxygen atoms in total. The Hall–Kier alpha value is -3.40. The molecule has 1 amide bonds. The lowest BCUT2D eigenvalue weighted by atomic mass is 9.62. The summed E-state index contributed by atoms with van der Waals surface area (Å²) in [5.74, 6) is 0.191. The summed E-state index contributed by atoms with van der Waals surface area (Å²) in [5, 5.41) is -0.0682. The number of benzene rings is 2. The number of pyridine rings is 1. The number of ether oxygens (including phenoxy) is 2. The second kappa shape index (κ2) is 12.8. The fourth-order valence-corrected chi connectivity index (χ4v) is 9.92. The zero-order valence-electron chi connectivity index (χ0n) is 27.8. The number of methoxy groups -OCH3 is 1. The zero-order chi connectivity index (χ0) is 33.7. The minimum absolute atomic E-state index is 0.130. The number of carbonyl (C=O) groups is 1. The van der Waals surface area contributed by atoms with E-state index in [-0.39, 0.29) is 28.7 Å². The minimum Gasteiger partial charge on any atom is -0.490 e. The first-order valence-electron chi connectivity index (χ1n) is 17.1. The molecule has 1 aromatic heterocycles. The van der Waals surface area contributed by atoms with E-state index in [1.165, 1.54) is 11.1 Å². The van der Waals surface area contributed by atoms with Crippen molar-refractivity contribution in [1.82, 2.24) is 9.71 Å². The summed E-state index contributed by atoms with van der Waals surface area (Å²) >= 11 is 6.46. The summed E-state index contributed by atoms with van der Waals surface area (Å²) in [4.78, 5) is 20.7. The number of carbonyl (C=O) groups excluding carboxylic acids is 1. The number of nitrogens with one attached hydrogen (secondary N) is 1. The smallest absolute Gasteiger partial charge is 0.264 e. The van der Waals surface area contributed by atoms with Gasteiger partial charge in [0, 0.05) is 48.3 Å². The van der Waals surface area contributed by atoms with Gasteiger partial charge in [0.2, 0.25) is 10.0 Å². The van der Waals surface area contributed by atoms with Crippen molar-refractivity contribution < 1.29 is 22.7 Å². The Morgan fingerprint density at radius 1 is 1.10 bits per heavy atom. The van der Waals surface area contributed by atoms with Crippen molar-refractivity contribution in [2.45, 2.75) is 68.6 Å². The lowest BCUT2D eigenvalue weighted by molar-refractivity contribution is -0.0831. The number of rotatable bonds is 2. The van der Waals surface area contributed by atoms with Crippen LogP contribution in [0.15, 0.2) is 72.9 Å². The predicted molar refractivity (Wildman–Crippen MR) is 188 cm³/mol. The monoisotopic (exact) mass is 689 g/mol. The van der Waals surface area contributed by atoms with Gasteiger partial charge in [-0.15, -0.1) is 0 Å². The highest BCUT2D eigenvalue weighted by atomic mass is 35.5. The van der Waals surface area contributed by atoms with Crippen molar-refractivity contribution in [3.8, 4) is 5.75 Å². The number of fused-ring (bicyclic) bond motifs is 4. The molecule has 2 aliphatic heterocycles. The van der Waals surface area contributed by atoms with Crippen LogP contribution in [-0.4, -0.2) is 51.4 Å². The zero-order valence-corrected chi connectivity index (χ0v) is 29.4. The first-order chi connectivity index (χ1) is 23.0. The molecule has 1 unspecified atom stereocenters. The molecule has 48 heavy (non-hydrogen) atoms. The van der Waals surface area contributed by atoms with Crippen LogP contribution in [0.4, 0.5) is 5.69 Å². The second-order valence-electron chi connectivity index (χ2n) is 14.2. The Balaban J connectivity index is 1.36. The molecule has 0 radical (unpaired) electrons. The molecule has 1 spiro atoms. The Labute approximate surface area is 288 Å². The van der Waals surface area contributed by atoms with E-state index >= 15 is 0 Å². The molecular weight excluding hydrogens is 646 g/mol. The van der Waals surface area contributed by atoms with E-state index in [0.717, 1.165) is 48.5 Å². The van der Waals surface area contributed by atoms with Gasteiger partial charge in [-0.05, 0) is 111 Å². The molecule has 2 bridgehead atoms. The van der Waals surface area contributed by atoms with Crippen LogP contribution in [0.3, 0.4) is 0 Å². The molecule has 4 aliphatic rings. The number of amides is 1. The molecule has 1 fully saturated rings. The van der Waals surface area contributed by atoms with E-state index in [1.807, 2.05) is 43.3 Å². The van der Waals surface area contributed by atoms with Gasteiger partial charge in [0.15, 0.2) is 0 Å². The number of aryl methyl sites for hydroxylation is 1. The number of nitrogens with zero attached hydrogens (tertiary/aromatic N) is 2. The van der Waals surface area contributed by atoms with Crippen molar-refractivity contribution in [3.63, 3.8) is 0 Å². The third kappa shape index (κ3) is 5.81. The van der Waals surface area contributed by atoms with E-state index < -0.39 is 26.8 Å². The van der Waals surface area contributed by atoms with E-state index in [0.29, 0.717) is 31.9 Å². The molecule has 1 N–H and O–H groups in total. The van der Waals surface area contributed by atoms with Crippen LogP contribution < -0.4 is 14.4 Å². The molecule has 6 atom stereocenters. The van der Waals surface area contributed by atoms with Gasteiger partial charge in [0.05, 0.1) is 23.2 Å². The van der Waals surface area contributed by atoms with Crippen molar-refractivity contribution in [1.29, 1.82) is 0 Å². The highest BCUT2D eigenvalue weighted by Gasteiger charge is 2.50. The van der Waals surface area contributed by atoms with Gasteiger partial charge in [-0.25, -0.2) is 13.1 Å². The molecule has 3 aromatic rings. The minimum atomic E-state index is -3.96. The molecule has 1 saturated carbocycles. The average Bonchev–Trinajstić information content (AvgIpc) is 3.22. The van der Waals surface area contributed by atoms with Crippen LogP contribution in [0, 0.1) is 17.8 Å². The molecule has 3 heterocycles. The maximum Gasteiger partial charge on any atom is 0.264 e. The van der Waals surface area contributed by atoms with Crippen molar-refractivity contribution in [2.24, 2.45) is 17.8 Å². The SMILES string of the molecule is CO[C@]1(c2ccccn2)/C=C/C[C@H](C)[C@@H](C)S(=O)(=O)NC(=O)c2ccc3c(c2)N(C[C@@H]2CC[C@H]21)CC1(CCCc2cc(Cl)ccc21)CO3. The van der Waals surface area contributed by atoms with Gasteiger partial charge in [0.1, 0.15) is 11.4 Å². The summed E-state index contributed by atoms with van der Waals surface area (Å²) in [7, 11) is -2.22. The molecular formula is C38H44ClN3O5S. The van der Waals surface area contributed by atoms with Gasteiger partial charge in [0.25, 0.3) is 5.91 Å². The summed E-state index contributed by atoms with van der Waals surface area (Å²) in [6.07, 6.45) is 11.4. The summed E-state index contributed by atoms with van der Waals surface area (Å²) in [6.45, 7) is 5.45. The molecule has 2 aromatic carbocycles. The van der Waals surface area contributed by atoms with E-state index in [2.05, 4.69) is 27.8 Å². The Morgan fingerprint density at radius 3 is 2.71 bits per heavy atom. The maximum atomic E-state index is 13.5. The largest absolute Gasteiger partial charge is 0.490 e. The first-order valence-corrected chi connectivity index (χ1v) is 19.0. The summed E-state index contributed by atoms with van der Waals surface area (Å²) in [5.41, 5.74) is 3.38. The number of halogens is 1. The standard InChI is InChI=1S/C38H44ClN3O5S/c1-25-8-6-18-38(46-3,35-10-4-5-19-40-35)32-14-11-29(32)22-42-23-37(17-7-9-27-20-30(39)13-15-31(27)37)24-47-34-16-12-28(21-33(34)42)36(43)41-48(44,45)26(25)2/h4-6,10,12-13,15-16,18-21,25-26,29,32H,7-9,11,14,17,22-24H2,1-3H3,(H,41,43)/b18-6+/t25-,26+,29-,32+,37?,38+/m0/s1. The van der Waals surface area contributed by atoms with Crippen LogP contribution in [-0.2, 0) is 32.2 Å². The normalized spacial score (nSPS) is 32.1. The fraction of sp³-hybridized carbons (Fsp3) is 0.474. The van der Waals surface area contributed by atoms with E-state index in [9.17, 15) is 13.2 Å². The molecule has 2 aliphatic carbocycles. The molecule has 7 rings (SSSR count). The number of sulfonamides is 1. The third-order valence-corrected chi connectivity index (χ3v) is 13.7. The Morgan fingerprint density at radius 2 is 1.96 bits per heavy atom. The molecule has 254 valence electrons. The van der Waals surface area contributed by atoms with Gasteiger partial charge in [-0.3, -0.25) is 9.78 Å². The van der Waals surface area contributed by atoms with E-state index in [4.69, 9.17) is 26.1 Å². The fourth-order valence-electron chi connectivity index (χ4n) is 8.44. The van der Waals surface area contributed by atoms with E-state index in [1.54, 1.807) is 32.4 Å². The van der Waals surface area contributed by atoms with Crippen LogP contribution >= 0.6 is 11.6 Å². The van der Waals surface area contributed by atoms with Crippen LogP contribution in [0.5, 0.6) is 5.75 Å². The number of hydrogen-bond donors (Lipinski definition) is 1. The van der Waals surface area contributed by atoms with Crippen molar-refractivity contribution in [2.75, 3.05) is 31.7 Å². The van der Waals surface area contributed by atoms with Crippen molar-refractivity contribution >= 4 is 33.2 Å². The van der Waals surface area contributed by atoms with Gasteiger partial charge < -0.3 is 14.4 Å². The Bertz CT molecular complexity index is 1830. The second-order valence-corrected chi connectivity index (χ2v) is 16.7. The van der Waals surface area contributed by atoms with Crippen LogP contribution in [0.1, 0.15) is 73.1 Å². The van der Waals surface area contributed by atoms with Crippen molar-refractivity contribution in [3.05, 3.63) is 100 Å². The maximum absolute atomic E-state index is 13.5. The number of allylic oxidation sites excluding steroid dienone is 1. The topological polar surface area (TPSA) is 97.8 Å². The highest BCUT2D eigenvalue weighted by Crippen LogP contribution is 2.51. The third-order valence-electron chi connectivity index (χ3n) is 11.5. The number of hydrogen-bond acceptors (Lipinski definition) is 7. The number of anilines is 1. The number of aromatic nitrogens is 1. The summed E-state index contributed by atoms with van der Waals surface area (Å²) in [6, 6.07) is 17.4. The average molecular weight is 690 g/mol. The molecule has 0 saturated heterocycles. The predicted octanol–water partition coefficient (Wildman–Crippen LogP) is 6.82. The lowest BCUT2D eigenvalue weighted by Gasteiger charge is -2.50. The van der Waals surface area contributed by atoms with Crippen LogP contribution in [0.2, 0.25) is 5.02 Å². The van der Waals surface area contributed by atoms with Gasteiger partial charge in [-0.1, -0.05) is 42.8 Å². The van der Waals surface area contributed by atoms with Crippen LogP contribution in [0.25, 0.3) is 0 Å². The highest BCUT2D eigenvalue weighted by molar-refractivity contribution is 7.90. The molecule has 10 heteroatoms. The van der Waals surface area contributed by atoms with Gasteiger partial charge >= 0.3 is 0 Å². The van der Waals surface area contributed by atoms with Gasteiger partial charge in [-0.2, -0.15) is 0 Å². The first kappa shape index (κ1) is 33.1.